The summed E-state index contributed by atoms with van der Waals surface area (Å²) in [6.45, 7) is 6.54. The summed E-state index contributed by atoms with van der Waals surface area (Å²) in [6.07, 6.45) is 2.13. The van der Waals surface area contributed by atoms with Crippen molar-refractivity contribution in [2.24, 2.45) is 0 Å². The van der Waals surface area contributed by atoms with Crippen LogP contribution in [0.1, 0.15) is 45.0 Å². The van der Waals surface area contributed by atoms with Crippen LogP contribution >= 0.6 is 11.6 Å². The maximum Gasteiger partial charge on any atom is 0.125 e. The van der Waals surface area contributed by atoms with Crippen LogP contribution in [0.25, 0.3) is 11.0 Å². The highest BCUT2D eigenvalue weighted by atomic mass is 35.5. The van der Waals surface area contributed by atoms with E-state index in [4.69, 9.17) is 11.6 Å². The van der Waals surface area contributed by atoms with Crippen molar-refractivity contribution in [3.05, 3.63) is 29.6 Å². The van der Waals surface area contributed by atoms with E-state index >= 15 is 0 Å². The molecule has 0 unspecified atom stereocenters. The molecular weight excluding hydrogens is 258 g/mol. The van der Waals surface area contributed by atoms with Crippen LogP contribution in [-0.2, 0) is 11.4 Å². The van der Waals surface area contributed by atoms with Gasteiger partial charge in [-0.15, -0.1) is 11.6 Å². The summed E-state index contributed by atoms with van der Waals surface area (Å²) in [5.74, 6) is 1.19. The predicted molar refractivity (Wildman–Crippen MR) is 78.2 cm³/mol. The van der Waals surface area contributed by atoms with E-state index in [0.29, 0.717) is 11.4 Å². The molecule has 2 rings (SSSR count). The molecule has 0 bridgehead atoms. The summed E-state index contributed by atoms with van der Waals surface area (Å²) >= 11 is 6.04. The molecule has 0 spiro atoms. The minimum atomic E-state index is -0.0538. The standard InChI is InChI=1S/C15H18ClN3/c1-4-8-15(2,3)19-12-7-5-6-11(10-17)14(12)18-13(19)9-16/h5-7H,4,8-9H2,1-3H3. The number of nitrogens with zero attached hydrogens (tertiary/aromatic N) is 3. The molecule has 0 N–H and O–H groups in total. The van der Waals surface area contributed by atoms with E-state index in [9.17, 15) is 5.26 Å². The number of nitriles is 1. The Bertz CT molecular complexity index is 635. The Kier molecular flexibility index (Phi) is 3.82. The number of aromatic nitrogens is 2. The molecule has 0 amide bonds. The molecule has 0 aliphatic heterocycles. The first-order chi connectivity index (χ1) is 9.05. The molecule has 0 saturated carbocycles. The summed E-state index contributed by atoms with van der Waals surface area (Å²) in [5, 5.41) is 9.18. The number of benzene rings is 1. The first-order valence-corrected chi connectivity index (χ1v) is 7.05. The van der Waals surface area contributed by atoms with Crippen LogP contribution in [0.2, 0.25) is 0 Å². The van der Waals surface area contributed by atoms with Gasteiger partial charge in [0.15, 0.2) is 0 Å². The lowest BCUT2D eigenvalue weighted by Crippen LogP contribution is -2.27. The van der Waals surface area contributed by atoms with Crippen molar-refractivity contribution in [2.45, 2.75) is 45.0 Å². The van der Waals surface area contributed by atoms with Crippen LogP contribution in [0.3, 0.4) is 0 Å². The van der Waals surface area contributed by atoms with Crippen molar-refractivity contribution in [3.8, 4) is 6.07 Å². The molecule has 1 heterocycles. The number of rotatable bonds is 4. The second kappa shape index (κ2) is 5.22. The number of hydrogen-bond acceptors (Lipinski definition) is 2. The molecule has 0 saturated heterocycles. The van der Waals surface area contributed by atoms with Crippen LogP contribution < -0.4 is 0 Å². The van der Waals surface area contributed by atoms with Gasteiger partial charge in [-0.05, 0) is 32.4 Å². The minimum absolute atomic E-state index is 0.0538. The van der Waals surface area contributed by atoms with Gasteiger partial charge in [-0.2, -0.15) is 5.26 Å². The molecular formula is C15H18ClN3. The largest absolute Gasteiger partial charge is 0.321 e. The molecule has 1 aromatic carbocycles. The molecule has 0 aliphatic carbocycles. The fraction of sp³-hybridized carbons (Fsp3) is 0.467. The van der Waals surface area contributed by atoms with Crippen molar-refractivity contribution in [2.75, 3.05) is 0 Å². The molecule has 0 fully saturated rings. The monoisotopic (exact) mass is 275 g/mol. The summed E-state index contributed by atoms with van der Waals surface area (Å²) in [4.78, 5) is 4.56. The van der Waals surface area contributed by atoms with Gasteiger partial charge in [0.05, 0.1) is 17.0 Å². The smallest absolute Gasteiger partial charge is 0.125 e. The Morgan fingerprint density at radius 3 is 2.74 bits per heavy atom. The van der Waals surface area contributed by atoms with Crippen molar-refractivity contribution >= 4 is 22.6 Å². The Hall–Kier alpha value is -1.53. The topological polar surface area (TPSA) is 41.6 Å². The van der Waals surface area contributed by atoms with Crippen molar-refractivity contribution in [1.82, 2.24) is 9.55 Å². The Morgan fingerprint density at radius 2 is 2.16 bits per heavy atom. The summed E-state index contributed by atoms with van der Waals surface area (Å²) in [6, 6.07) is 7.91. The molecule has 1 aromatic heterocycles. The van der Waals surface area contributed by atoms with Gasteiger partial charge >= 0.3 is 0 Å². The average Bonchev–Trinajstić information content (AvgIpc) is 2.77. The van der Waals surface area contributed by atoms with Gasteiger partial charge < -0.3 is 4.57 Å². The third-order valence-electron chi connectivity index (χ3n) is 3.46. The lowest BCUT2D eigenvalue weighted by atomic mass is 9.98. The summed E-state index contributed by atoms with van der Waals surface area (Å²) < 4.78 is 2.18. The maximum absolute atomic E-state index is 9.18. The van der Waals surface area contributed by atoms with Gasteiger partial charge in [0.2, 0.25) is 0 Å². The Morgan fingerprint density at radius 1 is 1.42 bits per heavy atom. The van der Waals surface area contributed by atoms with Crippen molar-refractivity contribution in [1.29, 1.82) is 5.26 Å². The van der Waals surface area contributed by atoms with Gasteiger partial charge in [0, 0.05) is 5.54 Å². The molecule has 2 aromatic rings. The molecule has 0 aliphatic rings. The van der Waals surface area contributed by atoms with E-state index in [1.54, 1.807) is 6.07 Å². The fourth-order valence-corrected chi connectivity index (χ4v) is 2.91. The molecule has 3 nitrogen and oxygen atoms in total. The zero-order valence-corrected chi connectivity index (χ0v) is 12.3. The first kappa shape index (κ1) is 13.9. The third kappa shape index (κ3) is 2.33. The predicted octanol–water partition coefficient (Wildman–Crippen LogP) is 4.18. The maximum atomic E-state index is 9.18. The van der Waals surface area contributed by atoms with Crippen LogP contribution in [0.4, 0.5) is 0 Å². The Labute approximate surface area is 118 Å². The SMILES string of the molecule is CCCC(C)(C)n1c(CCl)nc2c(C#N)cccc21. The molecule has 100 valence electrons. The average molecular weight is 276 g/mol. The number of para-hydroxylation sites is 1. The van der Waals surface area contributed by atoms with Gasteiger partial charge in [0.1, 0.15) is 17.4 Å². The van der Waals surface area contributed by atoms with Crippen LogP contribution in [0, 0.1) is 11.3 Å². The number of halogens is 1. The van der Waals surface area contributed by atoms with Crippen LogP contribution in [0.15, 0.2) is 18.2 Å². The normalized spacial score (nSPS) is 11.7. The first-order valence-electron chi connectivity index (χ1n) is 6.52. The second-order valence-electron chi connectivity index (χ2n) is 5.34. The van der Waals surface area contributed by atoms with Gasteiger partial charge in [-0.1, -0.05) is 19.4 Å². The van der Waals surface area contributed by atoms with E-state index < -0.39 is 0 Å². The van der Waals surface area contributed by atoms with E-state index in [-0.39, 0.29) is 5.54 Å². The highest BCUT2D eigenvalue weighted by molar-refractivity contribution is 6.16. The van der Waals surface area contributed by atoms with Crippen molar-refractivity contribution < 1.29 is 0 Å². The number of alkyl halides is 1. The zero-order chi connectivity index (χ0) is 14.0. The highest BCUT2D eigenvalue weighted by Gasteiger charge is 2.25. The van der Waals surface area contributed by atoms with Gasteiger partial charge in [-0.3, -0.25) is 0 Å². The number of hydrogen-bond donors (Lipinski definition) is 0. The van der Waals surface area contributed by atoms with E-state index in [1.807, 2.05) is 12.1 Å². The Balaban J connectivity index is 2.76. The summed E-state index contributed by atoms with van der Waals surface area (Å²) in [5.41, 5.74) is 2.30. The van der Waals surface area contributed by atoms with Crippen LogP contribution in [0.5, 0.6) is 0 Å². The molecule has 0 radical (unpaired) electrons. The van der Waals surface area contributed by atoms with E-state index in [0.717, 1.165) is 29.7 Å². The van der Waals surface area contributed by atoms with Crippen LogP contribution in [-0.4, -0.2) is 9.55 Å². The lowest BCUT2D eigenvalue weighted by Gasteiger charge is -2.29. The van der Waals surface area contributed by atoms with Crippen molar-refractivity contribution in [3.63, 3.8) is 0 Å². The van der Waals surface area contributed by atoms with E-state index in [1.165, 1.54) is 0 Å². The second-order valence-corrected chi connectivity index (χ2v) is 5.61. The van der Waals surface area contributed by atoms with E-state index in [2.05, 4.69) is 36.4 Å². The number of imidazole rings is 1. The quantitative estimate of drug-likeness (QED) is 0.786. The summed E-state index contributed by atoms with van der Waals surface area (Å²) in [7, 11) is 0. The zero-order valence-electron chi connectivity index (χ0n) is 11.6. The fourth-order valence-electron chi connectivity index (χ4n) is 2.73. The number of fused-ring (bicyclic) bond motifs is 1. The minimum Gasteiger partial charge on any atom is -0.321 e. The van der Waals surface area contributed by atoms with Gasteiger partial charge in [-0.25, -0.2) is 4.98 Å². The third-order valence-corrected chi connectivity index (χ3v) is 3.70. The molecule has 19 heavy (non-hydrogen) atoms. The van der Waals surface area contributed by atoms with Gasteiger partial charge in [0.25, 0.3) is 0 Å². The highest BCUT2D eigenvalue weighted by Crippen LogP contribution is 2.30. The lowest BCUT2D eigenvalue weighted by molar-refractivity contribution is 0.326. The molecule has 4 heteroatoms. The molecule has 0 atom stereocenters.